The Labute approximate surface area is 122 Å². The molecule has 0 fully saturated rings. The molecule has 5 heteroatoms. The SMILES string of the molecule is CC(C)CCCC(C)OC(=O)CNC(=O)OC(C)(C)C. The van der Waals surface area contributed by atoms with E-state index in [4.69, 9.17) is 9.47 Å². The molecule has 0 aliphatic carbocycles. The van der Waals surface area contributed by atoms with Crippen LogP contribution in [0.4, 0.5) is 4.79 Å². The molecule has 0 bridgehead atoms. The molecule has 0 radical (unpaired) electrons. The zero-order valence-corrected chi connectivity index (χ0v) is 13.6. The average Bonchev–Trinajstić information content (AvgIpc) is 2.23. The molecule has 0 aliphatic heterocycles. The van der Waals surface area contributed by atoms with Crippen molar-refractivity contribution >= 4 is 12.1 Å². The fraction of sp³-hybridized carbons (Fsp3) is 0.867. The van der Waals surface area contributed by atoms with E-state index in [1.54, 1.807) is 20.8 Å². The van der Waals surface area contributed by atoms with Crippen LogP contribution in [0.3, 0.4) is 0 Å². The summed E-state index contributed by atoms with van der Waals surface area (Å²) in [5, 5.41) is 2.38. The summed E-state index contributed by atoms with van der Waals surface area (Å²) in [6, 6.07) is 0. The Balaban J connectivity index is 3.80. The Kier molecular flexibility index (Phi) is 8.26. The minimum Gasteiger partial charge on any atom is -0.461 e. The molecule has 0 rings (SSSR count). The van der Waals surface area contributed by atoms with E-state index >= 15 is 0 Å². The number of carbonyl (C=O) groups is 2. The van der Waals surface area contributed by atoms with Crippen LogP contribution in [0.25, 0.3) is 0 Å². The van der Waals surface area contributed by atoms with Crippen LogP contribution >= 0.6 is 0 Å². The summed E-state index contributed by atoms with van der Waals surface area (Å²) in [6.07, 6.45) is 2.27. The summed E-state index contributed by atoms with van der Waals surface area (Å²) in [5.74, 6) is 0.222. The molecule has 1 amide bonds. The Hall–Kier alpha value is -1.26. The summed E-state index contributed by atoms with van der Waals surface area (Å²) in [4.78, 5) is 22.9. The number of amides is 1. The van der Waals surface area contributed by atoms with Gasteiger partial charge in [-0.2, -0.15) is 0 Å². The Morgan fingerprint density at radius 2 is 1.70 bits per heavy atom. The van der Waals surface area contributed by atoms with Crippen molar-refractivity contribution in [2.75, 3.05) is 6.54 Å². The molecule has 0 saturated heterocycles. The van der Waals surface area contributed by atoms with Gasteiger partial charge in [-0.1, -0.05) is 20.3 Å². The van der Waals surface area contributed by atoms with Gasteiger partial charge < -0.3 is 14.8 Å². The summed E-state index contributed by atoms with van der Waals surface area (Å²) in [5.41, 5.74) is -0.571. The summed E-state index contributed by atoms with van der Waals surface area (Å²) >= 11 is 0. The van der Waals surface area contributed by atoms with Crippen molar-refractivity contribution in [1.29, 1.82) is 0 Å². The average molecular weight is 287 g/mol. The molecule has 0 saturated carbocycles. The first kappa shape index (κ1) is 18.7. The number of ether oxygens (including phenoxy) is 2. The topological polar surface area (TPSA) is 64.6 Å². The maximum atomic E-state index is 11.5. The van der Waals surface area contributed by atoms with Crippen molar-refractivity contribution in [3.63, 3.8) is 0 Å². The molecule has 0 aliphatic rings. The molecule has 1 N–H and O–H groups in total. The van der Waals surface area contributed by atoms with E-state index < -0.39 is 17.7 Å². The molecule has 0 heterocycles. The highest BCUT2D eigenvalue weighted by atomic mass is 16.6. The first-order valence-electron chi connectivity index (χ1n) is 7.26. The van der Waals surface area contributed by atoms with E-state index in [0.29, 0.717) is 5.92 Å². The van der Waals surface area contributed by atoms with E-state index in [1.165, 1.54) is 0 Å². The minimum atomic E-state index is -0.609. The van der Waals surface area contributed by atoms with Crippen molar-refractivity contribution in [1.82, 2.24) is 5.32 Å². The smallest absolute Gasteiger partial charge is 0.408 e. The first-order chi connectivity index (χ1) is 9.10. The molecule has 118 valence electrons. The maximum Gasteiger partial charge on any atom is 0.408 e. The number of nitrogens with one attached hydrogen (secondary N) is 1. The van der Waals surface area contributed by atoms with Crippen LogP contribution in [0.2, 0.25) is 0 Å². The molecule has 1 atom stereocenters. The van der Waals surface area contributed by atoms with Gasteiger partial charge in [-0.05, 0) is 46.5 Å². The van der Waals surface area contributed by atoms with Gasteiger partial charge in [0.15, 0.2) is 0 Å². The second-order valence-corrected chi connectivity index (χ2v) is 6.48. The Bertz CT molecular complexity index is 307. The highest BCUT2D eigenvalue weighted by molar-refractivity contribution is 5.78. The number of hydrogen-bond acceptors (Lipinski definition) is 4. The van der Waals surface area contributed by atoms with E-state index in [0.717, 1.165) is 19.3 Å². The van der Waals surface area contributed by atoms with Crippen molar-refractivity contribution in [3.05, 3.63) is 0 Å². The molecule has 0 spiro atoms. The second kappa shape index (κ2) is 8.82. The predicted octanol–water partition coefficient (Wildman–Crippen LogP) is 3.27. The zero-order valence-electron chi connectivity index (χ0n) is 13.6. The van der Waals surface area contributed by atoms with E-state index in [2.05, 4.69) is 19.2 Å². The van der Waals surface area contributed by atoms with Gasteiger partial charge in [-0.3, -0.25) is 4.79 Å². The molecule has 0 aromatic heterocycles. The van der Waals surface area contributed by atoms with Gasteiger partial charge in [-0.15, -0.1) is 0 Å². The van der Waals surface area contributed by atoms with Crippen LogP contribution in [-0.2, 0) is 14.3 Å². The van der Waals surface area contributed by atoms with Gasteiger partial charge in [0.1, 0.15) is 12.1 Å². The fourth-order valence-electron chi connectivity index (χ4n) is 1.60. The lowest BCUT2D eigenvalue weighted by Gasteiger charge is -2.20. The predicted molar refractivity (Wildman–Crippen MR) is 78.5 cm³/mol. The second-order valence-electron chi connectivity index (χ2n) is 6.48. The summed E-state index contributed by atoms with van der Waals surface area (Å²) < 4.78 is 10.2. The maximum absolute atomic E-state index is 11.5. The number of hydrogen-bond donors (Lipinski definition) is 1. The van der Waals surface area contributed by atoms with E-state index in [1.807, 2.05) is 6.92 Å². The van der Waals surface area contributed by atoms with Crippen molar-refractivity contribution in [2.24, 2.45) is 5.92 Å². The molecule has 1 unspecified atom stereocenters. The first-order valence-corrected chi connectivity index (χ1v) is 7.26. The number of alkyl carbamates (subject to hydrolysis) is 1. The Morgan fingerprint density at radius 3 is 2.20 bits per heavy atom. The molecular formula is C15H29NO4. The zero-order chi connectivity index (χ0) is 15.8. The minimum absolute atomic E-state index is 0.123. The highest BCUT2D eigenvalue weighted by Crippen LogP contribution is 2.10. The van der Waals surface area contributed by atoms with Crippen molar-refractivity contribution in [2.45, 2.75) is 72.5 Å². The van der Waals surface area contributed by atoms with Crippen LogP contribution in [0, 0.1) is 5.92 Å². The Morgan fingerprint density at radius 1 is 1.10 bits per heavy atom. The van der Waals surface area contributed by atoms with Crippen LogP contribution in [0.5, 0.6) is 0 Å². The normalized spacial score (nSPS) is 12.9. The van der Waals surface area contributed by atoms with Gasteiger partial charge in [0.25, 0.3) is 0 Å². The lowest BCUT2D eigenvalue weighted by atomic mass is 10.0. The number of esters is 1. The van der Waals surface area contributed by atoms with Crippen LogP contribution in [0.1, 0.15) is 60.8 Å². The lowest BCUT2D eigenvalue weighted by Crippen LogP contribution is -2.36. The van der Waals surface area contributed by atoms with Crippen molar-refractivity contribution in [3.8, 4) is 0 Å². The fourth-order valence-corrected chi connectivity index (χ4v) is 1.60. The van der Waals surface area contributed by atoms with E-state index in [9.17, 15) is 9.59 Å². The molecule has 20 heavy (non-hydrogen) atoms. The van der Waals surface area contributed by atoms with Crippen LogP contribution in [-0.4, -0.2) is 30.3 Å². The van der Waals surface area contributed by atoms with E-state index in [-0.39, 0.29) is 12.6 Å². The van der Waals surface area contributed by atoms with Crippen LogP contribution < -0.4 is 5.32 Å². The van der Waals surface area contributed by atoms with Gasteiger partial charge in [-0.25, -0.2) is 4.79 Å². The monoisotopic (exact) mass is 287 g/mol. The summed E-state index contributed by atoms with van der Waals surface area (Å²) in [7, 11) is 0. The number of rotatable bonds is 7. The molecule has 0 aromatic carbocycles. The van der Waals surface area contributed by atoms with Crippen molar-refractivity contribution < 1.29 is 19.1 Å². The lowest BCUT2D eigenvalue weighted by molar-refractivity contribution is -0.147. The molecule has 0 aromatic rings. The third-order valence-corrected chi connectivity index (χ3v) is 2.50. The molecular weight excluding hydrogens is 258 g/mol. The third kappa shape index (κ3) is 11.8. The quantitative estimate of drug-likeness (QED) is 0.730. The van der Waals surface area contributed by atoms with Crippen LogP contribution in [0.15, 0.2) is 0 Å². The van der Waals surface area contributed by atoms with Gasteiger partial charge >= 0.3 is 12.1 Å². The third-order valence-electron chi connectivity index (χ3n) is 2.50. The van der Waals surface area contributed by atoms with Gasteiger partial charge in [0.05, 0.1) is 6.10 Å². The van der Waals surface area contributed by atoms with Gasteiger partial charge in [0, 0.05) is 0 Å². The molecule has 5 nitrogen and oxygen atoms in total. The largest absolute Gasteiger partial charge is 0.461 e. The highest BCUT2D eigenvalue weighted by Gasteiger charge is 2.17. The summed E-state index contributed by atoms with van der Waals surface area (Å²) in [6.45, 7) is 11.3. The van der Waals surface area contributed by atoms with Gasteiger partial charge in [0.2, 0.25) is 0 Å². The number of carbonyl (C=O) groups excluding carboxylic acids is 2. The standard InChI is InChI=1S/C15H29NO4/c1-11(2)8-7-9-12(3)19-13(17)10-16-14(18)20-15(4,5)6/h11-12H,7-10H2,1-6H3,(H,16,18).